The van der Waals surface area contributed by atoms with Crippen molar-refractivity contribution < 1.29 is 5.11 Å². The molecule has 0 aliphatic carbocycles. The van der Waals surface area contributed by atoms with Gasteiger partial charge in [0.2, 0.25) is 0 Å². The Hall–Kier alpha value is -1.59. The second-order valence-electron chi connectivity index (χ2n) is 6.03. The highest BCUT2D eigenvalue weighted by Gasteiger charge is 2.12. The maximum atomic E-state index is 9.07. The Morgan fingerprint density at radius 2 is 2.14 bits per heavy atom. The zero-order chi connectivity index (χ0) is 16.1. The second-order valence-corrected chi connectivity index (χ2v) is 6.03. The number of aromatic nitrogens is 3. The molecule has 2 rings (SSSR count). The predicted octanol–water partition coefficient (Wildman–Crippen LogP) is 1.94. The lowest BCUT2D eigenvalue weighted by atomic mass is 10.1. The fourth-order valence-corrected chi connectivity index (χ4v) is 2.80. The first-order chi connectivity index (χ1) is 10.5. The normalized spacial score (nSPS) is 12.8. The number of aliphatic hydroxyl groups is 1. The van der Waals surface area contributed by atoms with E-state index >= 15 is 0 Å². The lowest BCUT2D eigenvalue weighted by molar-refractivity contribution is 0.267. The molecule has 1 unspecified atom stereocenters. The molecule has 2 heterocycles. The molecule has 0 saturated carbocycles. The molecule has 0 radical (unpaired) electrons. The van der Waals surface area contributed by atoms with Gasteiger partial charge in [-0.1, -0.05) is 0 Å². The Morgan fingerprint density at radius 1 is 1.36 bits per heavy atom. The van der Waals surface area contributed by atoms with Gasteiger partial charge in [-0.15, -0.1) is 0 Å². The van der Waals surface area contributed by atoms with Gasteiger partial charge in [0.25, 0.3) is 0 Å². The molecule has 0 fully saturated rings. The lowest BCUT2D eigenvalue weighted by Crippen LogP contribution is -2.26. The summed E-state index contributed by atoms with van der Waals surface area (Å²) in [6.45, 7) is 7.86. The maximum absolute atomic E-state index is 9.07. The summed E-state index contributed by atoms with van der Waals surface area (Å²) in [5, 5.41) is 17.1. The highest BCUT2D eigenvalue weighted by molar-refractivity contribution is 5.24. The van der Waals surface area contributed by atoms with Gasteiger partial charge in [-0.05, 0) is 45.7 Å². The van der Waals surface area contributed by atoms with Gasteiger partial charge in [0.05, 0.1) is 18.8 Å². The molecule has 0 bridgehead atoms. The lowest BCUT2D eigenvalue weighted by Gasteiger charge is -2.14. The summed E-state index contributed by atoms with van der Waals surface area (Å²) < 4.78 is 4.07. The monoisotopic (exact) mass is 304 g/mol. The van der Waals surface area contributed by atoms with Crippen LogP contribution >= 0.6 is 0 Å². The van der Waals surface area contributed by atoms with Crippen LogP contribution in [0.15, 0.2) is 18.3 Å². The fourth-order valence-electron chi connectivity index (χ4n) is 2.80. The first-order valence-corrected chi connectivity index (χ1v) is 8.00. The van der Waals surface area contributed by atoms with E-state index in [0.717, 1.165) is 30.8 Å². The summed E-state index contributed by atoms with van der Waals surface area (Å²) in [4.78, 5) is 0. The Morgan fingerprint density at radius 3 is 2.77 bits per heavy atom. The van der Waals surface area contributed by atoms with Gasteiger partial charge >= 0.3 is 0 Å². The molecule has 2 aromatic heterocycles. The predicted molar refractivity (Wildman–Crippen MR) is 88.8 cm³/mol. The molecule has 122 valence electrons. The first-order valence-electron chi connectivity index (χ1n) is 8.00. The molecule has 0 spiro atoms. The number of aliphatic hydroxyl groups excluding tert-OH is 1. The molecule has 0 amide bonds. The first kappa shape index (κ1) is 16.8. The molecule has 5 nitrogen and oxygen atoms in total. The molecular formula is C17H28N4O. The summed E-state index contributed by atoms with van der Waals surface area (Å²) >= 11 is 0. The number of hydrogen-bond acceptors (Lipinski definition) is 3. The maximum Gasteiger partial charge on any atom is 0.0644 e. The number of rotatable bonds is 8. The largest absolute Gasteiger partial charge is 0.394 e. The third-order valence-electron chi connectivity index (χ3n) is 4.36. The summed E-state index contributed by atoms with van der Waals surface area (Å²) in [7, 11) is 2.09. The average molecular weight is 304 g/mol. The van der Waals surface area contributed by atoms with Crippen LogP contribution in [0.4, 0.5) is 0 Å². The van der Waals surface area contributed by atoms with E-state index in [1.54, 1.807) is 0 Å². The van der Waals surface area contributed by atoms with E-state index in [2.05, 4.69) is 54.2 Å². The van der Waals surface area contributed by atoms with E-state index in [1.165, 1.54) is 11.3 Å². The summed E-state index contributed by atoms with van der Waals surface area (Å²) in [6.07, 6.45) is 4.29. The van der Waals surface area contributed by atoms with Crippen molar-refractivity contribution in [3.8, 4) is 0 Å². The minimum atomic E-state index is 0.127. The van der Waals surface area contributed by atoms with Crippen molar-refractivity contribution in [1.82, 2.24) is 19.7 Å². The van der Waals surface area contributed by atoms with Gasteiger partial charge in [-0.3, -0.25) is 4.68 Å². The van der Waals surface area contributed by atoms with Gasteiger partial charge < -0.3 is 15.0 Å². The van der Waals surface area contributed by atoms with E-state index in [-0.39, 0.29) is 6.61 Å². The third kappa shape index (κ3) is 3.99. The van der Waals surface area contributed by atoms with Crippen molar-refractivity contribution in [1.29, 1.82) is 0 Å². The van der Waals surface area contributed by atoms with Crippen LogP contribution in [0.1, 0.15) is 36.0 Å². The van der Waals surface area contributed by atoms with Crippen LogP contribution in [-0.2, 0) is 26.6 Å². The summed E-state index contributed by atoms with van der Waals surface area (Å²) in [5.74, 6) is 0. The molecule has 1 atom stereocenters. The van der Waals surface area contributed by atoms with E-state index in [0.29, 0.717) is 12.6 Å². The van der Waals surface area contributed by atoms with Crippen LogP contribution in [0.2, 0.25) is 0 Å². The minimum Gasteiger partial charge on any atom is -0.394 e. The van der Waals surface area contributed by atoms with Crippen LogP contribution in [0.25, 0.3) is 0 Å². The quantitative estimate of drug-likeness (QED) is 0.783. The van der Waals surface area contributed by atoms with Crippen molar-refractivity contribution in [2.24, 2.45) is 7.05 Å². The van der Waals surface area contributed by atoms with Crippen molar-refractivity contribution >= 4 is 0 Å². The number of nitrogens with one attached hydrogen (secondary N) is 1. The summed E-state index contributed by atoms with van der Waals surface area (Å²) in [6, 6.07) is 4.73. The molecule has 0 aromatic carbocycles. The van der Waals surface area contributed by atoms with E-state index in [4.69, 9.17) is 5.11 Å². The molecule has 22 heavy (non-hydrogen) atoms. The zero-order valence-electron chi connectivity index (χ0n) is 14.1. The molecule has 2 aromatic rings. The molecule has 0 saturated heterocycles. The smallest absolute Gasteiger partial charge is 0.0644 e. The number of nitrogens with zero attached hydrogens (tertiary/aromatic N) is 3. The van der Waals surface area contributed by atoms with Crippen LogP contribution in [0.3, 0.4) is 0 Å². The second kappa shape index (κ2) is 7.61. The zero-order valence-corrected chi connectivity index (χ0v) is 14.1. The van der Waals surface area contributed by atoms with Gasteiger partial charge in [0.1, 0.15) is 0 Å². The summed E-state index contributed by atoms with van der Waals surface area (Å²) in [5.41, 5.74) is 4.82. The van der Waals surface area contributed by atoms with Crippen LogP contribution in [0.5, 0.6) is 0 Å². The van der Waals surface area contributed by atoms with Crippen LogP contribution in [0, 0.1) is 13.8 Å². The standard InChI is InChI=1S/C17H28N4O/c1-13(7-8-16-6-5-9-20(16)4)18-12-17-14(2)19-21(10-11-22)15(17)3/h5-6,9,13,18,22H,7-8,10-12H2,1-4H3. The Kier molecular flexibility index (Phi) is 5.80. The van der Waals surface area contributed by atoms with Gasteiger partial charge in [0, 0.05) is 42.8 Å². The Bertz CT molecular complexity index is 600. The SMILES string of the molecule is Cc1nn(CCO)c(C)c1CNC(C)CCc1cccn1C. The fraction of sp³-hybridized carbons (Fsp3) is 0.588. The van der Waals surface area contributed by atoms with E-state index < -0.39 is 0 Å². The van der Waals surface area contributed by atoms with Crippen LogP contribution in [-0.4, -0.2) is 32.1 Å². The molecular weight excluding hydrogens is 276 g/mol. The highest BCUT2D eigenvalue weighted by Crippen LogP contribution is 2.13. The van der Waals surface area contributed by atoms with Gasteiger partial charge in [-0.2, -0.15) is 5.10 Å². The molecule has 2 N–H and O–H groups in total. The van der Waals surface area contributed by atoms with E-state index in [9.17, 15) is 0 Å². The van der Waals surface area contributed by atoms with Crippen LogP contribution < -0.4 is 5.32 Å². The topological polar surface area (TPSA) is 55.0 Å². The van der Waals surface area contributed by atoms with Crippen molar-refractivity contribution in [2.75, 3.05) is 6.61 Å². The van der Waals surface area contributed by atoms with Gasteiger partial charge in [0.15, 0.2) is 0 Å². The Balaban J connectivity index is 1.86. The van der Waals surface area contributed by atoms with Crippen molar-refractivity contribution in [2.45, 2.75) is 52.7 Å². The Labute approximate surface area is 133 Å². The van der Waals surface area contributed by atoms with Crippen molar-refractivity contribution in [3.05, 3.63) is 41.0 Å². The van der Waals surface area contributed by atoms with E-state index in [1.807, 2.05) is 11.6 Å². The minimum absolute atomic E-state index is 0.127. The molecule has 5 heteroatoms. The highest BCUT2D eigenvalue weighted by atomic mass is 16.3. The number of aryl methyl sites for hydroxylation is 3. The molecule has 0 aliphatic heterocycles. The van der Waals surface area contributed by atoms with Crippen molar-refractivity contribution in [3.63, 3.8) is 0 Å². The third-order valence-corrected chi connectivity index (χ3v) is 4.36. The number of hydrogen-bond donors (Lipinski definition) is 2. The molecule has 0 aliphatic rings. The average Bonchev–Trinajstić information content (AvgIpc) is 3.00. The van der Waals surface area contributed by atoms with Gasteiger partial charge in [-0.25, -0.2) is 0 Å².